The van der Waals surface area contributed by atoms with Gasteiger partial charge >= 0.3 is 0 Å². The lowest BCUT2D eigenvalue weighted by molar-refractivity contribution is 0.405. The first-order valence-corrected chi connectivity index (χ1v) is 16.1. The van der Waals surface area contributed by atoms with Gasteiger partial charge in [0.1, 0.15) is 0 Å². The maximum Gasteiger partial charge on any atom is 0.243 e. The molecule has 6 nitrogen and oxygen atoms in total. The number of allylic oxidation sites excluding steroid dienone is 1. The van der Waals surface area contributed by atoms with E-state index in [-0.39, 0.29) is 16.3 Å². The fourth-order valence-electron chi connectivity index (χ4n) is 4.84. The quantitative estimate of drug-likeness (QED) is 0.360. The fourth-order valence-corrected chi connectivity index (χ4v) is 7.91. The van der Waals surface area contributed by atoms with Gasteiger partial charge < -0.3 is 0 Å². The molecule has 0 spiro atoms. The van der Waals surface area contributed by atoms with Crippen LogP contribution in [0.4, 0.5) is 0 Å². The van der Waals surface area contributed by atoms with Crippen molar-refractivity contribution in [2.45, 2.75) is 74.1 Å². The molecule has 0 N–H and O–H groups in total. The highest BCUT2D eigenvalue weighted by Gasteiger charge is 2.28. The van der Waals surface area contributed by atoms with Gasteiger partial charge in [-0.2, -0.15) is 8.61 Å². The standard InChI is InChI=1S/C27H35ClN2O4S2/c28-25-12-10-24(11-13-25)22-30(21-18-23-8-4-3-5-9-23)36(33,34)27-16-14-26(15-17-27)35(31,32)29-19-6-1-2-7-20-29/h8,10-17H,1-7,9,18-22H2. The average Bonchev–Trinajstić information content (AvgIpc) is 3.19. The molecule has 2 aromatic carbocycles. The first-order chi connectivity index (χ1) is 17.3. The molecule has 2 aromatic rings. The SMILES string of the molecule is O=S(=O)(c1ccc(S(=O)(=O)N(CCC2=CCCCC2)Cc2ccc(Cl)cc2)cc1)N1CCCCCC1. The van der Waals surface area contributed by atoms with Gasteiger partial charge in [-0.15, -0.1) is 0 Å². The van der Waals surface area contributed by atoms with Crippen molar-refractivity contribution < 1.29 is 16.8 Å². The van der Waals surface area contributed by atoms with Crippen molar-refractivity contribution >= 4 is 31.6 Å². The number of nitrogens with zero attached hydrogens (tertiary/aromatic N) is 2. The number of sulfonamides is 2. The maximum atomic E-state index is 13.7. The van der Waals surface area contributed by atoms with Crippen molar-refractivity contribution in [3.63, 3.8) is 0 Å². The van der Waals surface area contributed by atoms with Gasteiger partial charge in [0.2, 0.25) is 20.0 Å². The summed E-state index contributed by atoms with van der Waals surface area (Å²) in [7, 11) is -7.48. The number of hydrogen-bond acceptors (Lipinski definition) is 4. The fraction of sp³-hybridized carbons (Fsp3) is 0.481. The van der Waals surface area contributed by atoms with Crippen molar-refractivity contribution in [2.75, 3.05) is 19.6 Å². The van der Waals surface area contributed by atoms with Crippen molar-refractivity contribution in [1.82, 2.24) is 8.61 Å². The van der Waals surface area contributed by atoms with Crippen LogP contribution in [0.25, 0.3) is 0 Å². The Balaban J connectivity index is 1.57. The van der Waals surface area contributed by atoms with E-state index in [9.17, 15) is 16.8 Å². The van der Waals surface area contributed by atoms with E-state index >= 15 is 0 Å². The summed E-state index contributed by atoms with van der Waals surface area (Å²) in [6.07, 6.45) is 11.1. The van der Waals surface area contributed by atoms with Crippen LogP contribution in [0, 0.1) is 0 Å². The Morgan fingerprint density at radius 2 is 1.42 bits per heavy atom. The van der Waals surface area contributed by atoms with Gasteiger partial charge in [-0.3, -0.25) is 0 Å². The van der Waals surface area contributed by atoms with Crippen molar-refractivity contribution in [3.05, 3.63) is 70.8 Å². The molecule has 0 unspecified atom stereocenters. The van der Waals surface area contributed by atoms with Crippen LogP contribution in [0.3, 0.4) is 0 Å². The summed E-state index contributed by atoms with van der Waals surface area (Å²) in [5, 5.41) is 0.599. The Kier molecular flexibility index (Phi) is 9.28. The lowest BCUT2D eigenvalue weighted by Gasteiger charge is -2.24. The smallest absolute Gasteiger partial charge is 0.207 e. The lowest BCUT2D eigenvalue weighted by atomic mass is 9.97. The summed E-state index contributed by atoms with van der Waals surface area (Å²) in [5.74, 6) is 0. The van der Waals surface area contributed by atoms with Crippen LogP contribution in [-0.2, 0) is 26.6 Å². The molecule has 1 fully saturated rings. The molecule has 0 amide bonds. The zero-order chi connectivity index (χ0) is 25.6. The second-order valence-corrected chi connectivity index (χ2v) is 13.9. The highest BCUT2D eigenvalue weighted by molar-refractivity contribution is 7.89. The first-order valence-electron chi connectivity index (χ1n) is 12.8. The van der Waals surface area contributed by atoms with Gasteiger partial charge in [-0.25, -0.2) is 16.8 Å². The molecule has 4 rings (SSSR count). The Hall–Kier alpha value is -1.71. The molecule has 0 radical (unpaired) electrons. The van der Waals surface area contributed by atoms with Gasteiger partial charge in [-0.05, 0) is 86.9 Å². The number of benzene rings is 2. The second kappa shape index (κ2) is 12.2. The summed E-state index contributed by atoms with van der Waals surface area (Å²) in [5.41, 5.74) is 2.15. The zero-order valence-electron chi connectivity index (χ0n) is 20.6. The highest BCUT2D eigenvalue weighted by atomic mass is 35.5. The molecule has 1 aliphatic heterocycles. The number of rotatable bonds is 9. The molecule has 1 heterocycles. The monoisotopic (exact) mass is 550 g/mol. The van der Waals surface area contributed by atoms with E-state index in [0.29, 0.717) is 31.1 Å². The largest absolute Gasteiger partial charge is 0.243 e. The summed E-state index contributed by atoms with van der Waals surface area (Å²) in [4.78, 5) is 0.240. The molecule has 1 saturated heterocycles. The molecule has 1 aliphatic carbocycles. The molecule has 0 atom stereocenters. The summed E-state index contributed by atoms with van der Waals surface area (Å²) < 4.78 is 56.7. The topological polar surface area (TPSA) is 74.8 Å². The van der Waals surface area contributed by atoms with Crippen LogP contribution in [-0.4, -0.2) is 45.1 Å². The van der Waals surface area contributed by atoms with Crippen molar-refractivity contribution in [1.29, 1.82) is 0 Å². The normalized spacial score (nSPS) is 18.1. The predicted octanol–water partition coefficient (Wildman–Crippen LogP) is 5.99. The molecule has 0 bridgehead atoms. The van der Waals surface area contributed by atoms with Gasteiger partial charge in [0.05, 0.1) is 9.79 Å². The van der Waals surface area contributed by atoms with E-state index in [2.05, 4.69) is 6.08 Å². The average molecular weight is 551 g/mol. The Morgan fingerprint density at radius 1 is 0.778 bits per heavy atom. The Morgan fingerprint density at radius 3 is 2.03 bits per heavy atom. The number of hydrogen-bond donors (Lipinski definition) is 0. The third-order valence-corrected chi connectivity index (χ3v) is 11.0. The van der Waals surface area contributed by atoms with Gasteiger partial charge in [0.25, 0.3) is 0 Å². The Labute approximate surface area is 221 Å². The summed E-state index contributed by atoms with van der Waals surface area (Å²) >= 11 is 6.02. The van der Waals surface area contributed by atoms with Crippen molar-refractivity contribution in [3.8, 4) is 0 Å². The number of halogens is 1. The van der Waals surface area contributed by atoms with E-state index in [1.165, 1.54) is 44.9 Å². The van der Waals surface area contributed by atoms with E-state index in [0.717, 1.165) is 50.5 Å². The highest BCUT2D eigenvalue weighted by Crippen LogP contribution is 2.26. The van der Waals surface area contributed by atoms with E-state index < -0.39 is 20.0 Å². The van der Waals surface area contributed by atoms with E-state index in [4.69, 9.17) is 11.6 Å². The third-order valence-electron chi connectivity index (χ3n) is 7.00. The molecule has 36 heavy (non-hydrogen) atoms. The van der Waals surface area contributed by atoms with Crippen molar-refractivity contribution in [2.24, 2.45) is 0 Å². The minimum absolute atomic E-state index is 0.101. The first kappa shape index (κ1) is 27.3. The van der Waals surface area contributed by atoms with Crippen LogP contribution in [0.15, 0.2) is 70.0 Å². The Bertz CT molecular complexity index is 1250. The molecule has 0 aromatic heterocycles. The van der Waals surface area contributed by atoms with Crippen LogP contribution in [0.2, 0.25) is 5.02 Å². The zero-order valence-corrected chi connectivity index (χ0v) is 23.0. The minimum Gasteiger partial charge on any atom is -0.207 e. The van der Waals surface area contributed by atoms with Crippen LogP contribution >= 0.6 is 11.6 Å². The van der Waals surface area contributed by atoms with Gasteiger partial charge in [-0.1, -0.05) is 48.2 Å². The van der Waals surface area contributed by atoms with Gasteiger partial charge in [0, 0.05) is 31.2 Å². The van der Waals surface area contributed by atoms with Crippen LogP contribution in [0.5, 0.6) is 0 Å². The van der Waals surface area contributed by atoms with Crippen LogP contribution in [0.1, 0.15) is 63.4 Å². The molecule has 2 aliphatic rings. The molecular weight excluding hydrogens is 516 g/mol. The van der Waals surface area contributed by atoms with Crippen LogP contribution < -0.4 is 0 Å². The van der Waals surface area contributed by atoms with E-state index in [1.807, 2.05) is 12.1 Å². The third kappa shape index (κ3) is 6.78. The molecule has 196 valence electrons. The minimum atomic E-state index is -3.84. The summed E-state index contributed by atoms with van der Waals surface area (Å²) in [6.45, 7) is 1.60. The molecule has 0 saturated carbocycles. The second-order valence-electron chi connectivity index (χ2n) is 9.61. The summed E-state index contributed by atoms with van der Waals surface area (Å²) in [6, 6.07) is 12.9. The van der Waals surface area contributed by atoms with E-state index in [1.54, 1.807) is 12.1 Å². The molecular formula is C27H35ClN2O4S2. The lowest BCUT2D eigenvalue weighted by Crippen LogP contribution is -2.33. The maximum absolute atomic E-state index is 13.7. The molecule has 9 heteroatoms. The van der Waals surface area contributed by atoms with Gasteiger partial charge in [0.15, 0.2) is 0 Å². The predicted molar refractivity (Wildman–Crippen MR) is 144 cm³/mol.